The highest BCUT2D eigenvalue weighted by molar-refractivity contribution is 5.97. The van der Waals surface area contributed by atoms with Gasteiger partial charge in [-0.25, -0.2) is 4.39 Å². The predicted octanol–water partition coefficient (Wildman–Crippen LogP) is 3.69. The van der Waals surface area contributed by atoms with Crippen LogP contribution in [0.1, 0.15) is 48.7 Å². The first-order valence-electron chi connectivity index (χ1n) is 11.8. The van der Waals surface area contributed by atoms with Gasteiger partial charge in [0.2, 0.25) is 5.82 Å². The lowest BCUT2D eigenvalue weighted by molar-refractivity contribution is -0.272. The quantitative estimate of drug-likeness (QED) is 0.458. The summed E-state index contributed by atoms with van der Waals surface area (Å²) in [5, 5.41) is 12.2. The first-order chi connectivity index (χ1) is 17.7. The SMILES string of the molecule is C[C@H]1[C@@H](c2ccc(F)c(F)c2OC[C@H]2CC[C@H]2O)[C@H](C(=O)Nc2ccnc(C(N)=O)c2)O[C@@]1(C)C(F)(F)F. The number of amides is 2. The standard InChI is InChI=1S/C25H26F5N3O5/c1-11-18(14-4-5-15(26)19(27)20(14)37-10-12-3-6-17(12)34)21(38-24(11,2)25(28,29)30)23(36)33-13-7-8-32-16(9-13)22(31)35/h4-5,7-9,11-12,17-18,21,34H,3,6,10H2,1-2H3,(H2,31,35)(H,32,33,36)/t11-,12+,17+,18-,21+,24+/m0/s1. The maximum atomic E-state index is 15.0. The van der Waals surface area contributed by atoms with Gasteiger partial charge in [0, 0.05) is 35.2 Å². The van der Waals surface area contributed by atoms with E-state index < -0.39 is 65.0 Å². The van der Waals surface area contributed by atoms with Crippen LogP contribution in [0.15, 0.2) is 30.5 Å². The second-order valence-electron chi connectivity index (χ2n) is 9.74. The number of pyridine rings is 1. The highest BCUT2D eigenvalue weighted by Gasteiger charge is 2.66. The number of carbonyl (C=O) groups is 2. The minimum atomic E-state index is -4.93. The van der Waals surface area contributed by atoms with Crippen molar-refractivity contribution in [1.29, 1.82) is 0 Å². The number of nitrogens with one attached hydrogen (secondary N) is 1. The van der Waals surface area contributed by atoms with Crippen LogP contribution in [0.2, 0.25) is 0 Å². The highest BCUT2D eigenvalue weighted by Crippen LogP contribution is 2.55. The Labute approximate surface area is 214 Å². The molecule has 206 valence electrons. The van der Waals surface area contributed by atoms with Crippen LogP contribution in [-0.4, -0.2) is 52.5 Å². The van der Waals surface area contributed by atoms with Crippen molar-refractivity contribution in [3.05, 3.63) is 53.4 Å². The summed E-state index contributed by atoms with van der Waals surface area (Å²) in [4.78, 5) is 28.4. The van der Waals surface area contributed by atoms with E-state index >= 15 is 0 Å². The number of nitrogens with zero attached hydrogens (tertiary/aromatic N) is 1. The number of nitrogens with two attached hydrogens (primary N) is 1. The van der Waals surface area contributed by atoms with E-state index in [2.05, 4.69) is 10.3 Å². The van der Waals surface area contributed by atoms with Crippen molar-refractivity contribution in [2.24, 2.45) is 17.6 Å². The number of carbonyl (C=O) groups excluding carboxylic acids is 2. The Morgan fingerprint density at radius 2 is 1.97 bits per heavy atom. The number of hydrogen-bond acceptors (Lipinski definition) is 6. The molecule has 1 aliphatic heterocycles. The first kappa shape index (κ1) is 27.7. The predicted molar refractivity (Wildman–Crippen MR) is 123 cm³/mol. The molecule has 2 fully saturated rings. The lowest BCUT2D eigenvalue weighted by Gasteiger charge is -2.33. The summed E-state index contributed by atoms with van der Waals surface area (Å²) in [6.07, 6.45) is -5.18. The van der Waals surface area contributed by atoms with E-state index in [0.29, 0.717) is 12.8 Å². The van der Waals surface area contributed by atoms with Crippen LogP contribution >= 0.6 is 0 Å². The van der Waals surface area contributed by atoms with Gasteiger partial charge >= 0.3 is 6.18 Å². The van der Waals surface area contributed by atoms with Crippen LogP contribution < -0.4 is 15.8 Å². The molecule has 1 aromatic heterocycles. The highest BCUT2D eigenvalue weighted by atomic mass is 19.4. The first-order valence-corrected chi connectivity index (χ1v) is 11.8. The minimum absolute atomic E-state index is 0.00939. The molecule has 0 spiro atoms. The Morgan fingerprint density at radius 3 is 2.55 bits per heavy atom. The summed E-state index contributed by atoms with van der Waals surface area (Å²) in [7, 11) is 0. The molecule has 1 aromatic carbocycles. The van der Waals surface area contributed by atoms with Gasteiger partial charge < -0.3 is 25.6 Å². The number of rotatable bonds is 7. The number of hydrogen-bond donors (Lipinski definition) is 3. The Bertz CT molecular complexity index is 1240. The fraction of sp³-hybridized carbons (Fsp3) is 0.480. The molecule has 0 unspecified atom stereocenters. The van der Waals surface area contributed by atoms with E-state index in [-0.39, 0.29) is 29.5 Å². The van der Waals surface area contributed by atoms with E-state index in [4.69, 9.17) is 15.2 Å². The van der Waals surface area contributed by atoms with Crippen molar-refractivity contribution in [2.45, 2.75) is 56.6 Å². The van der Waals surface area contributed by atoms with E-state index in [0.717, 1.165) is 25.1 Å². The lowest BCUT2D eigenvalue weighted by Crippen LogP contribution is -2.47. The Kier molecular flexibility index (Phi) is 7.36. The van der Waals surface area contributed by atoms with E-state index in [1.807, 2.05) is 0 Å². The number of primary amides is 1. The van der Waals surface area contributed by atoms with Gasteiger partial charge in [0.05, 0.1) is 12.7 Å². The van der Waals surface area contributed by atoms with E-state index in [1.165, 1.54) is 19.2 Å². The second-order valence-corrected chi connectivity index (χ2v) is 9.74. The van der Waals surface area contributed by atoms with Crippen molar-refractivity contribution in [3.8, 4) is 5.75 Å². The van der Waals surface area contributed by atoms with Crippen LogP contribution in [0.25, 0.3) is 0 Å². The average Bonchev–Trinajstić information content (AvgIpc) is 3.13. The lowest BCUT2D eigenvalue weighted by atomic mass is 9.76. The molecule has 2 heterocycles. The van der Waals surface area contributed by atoms with Crippen LogP contribution in [-0.2, 0) is 9.53 Å². The van der Waals surface area contributed by atoms with Crippen molar-refractivity contribution < 1.29 is 46.1 Å². The molecule has 1 aliphatic carbocycles. The number of ether oxygens (including phenoxy) is 2. The third-order valence-electron chi connectivity index (χ3n) is 7.47. The normalized spacial score (nSPS) is 29.0. The largest absolute Gasteiger partial charge is 0.490 e. The molecule has 38 heavy (non-hydrogen) atoms. The van der Waals surface area contributed by atoms with Gasteiger partial charge in [-0.15, -0.1) is 0 Å². The van der Waals surface area contributed by atoms with Crippen LogP contribution in [0.4, 0.5) is 27.6 Å². The van der Waals surface area contributed by atoms with Crippen molar-refractivity contribution >= 4 is 17.5 Å². The Balaban J connectivity index is 1.73. The number of aromatic nitrogens is 1. The molecule has 4 rings (SSSR count). The molecule has 8 nitrogen and oxygen atoms in total. The van der Waals surface area contributed by atoms with Crippen molar-refractivity contribution in [3.63, 3.8) is 0 Å². The molecule has 2 amide bonds. The van der Waals surface area contributed by atoms with Gasteiger partial charge in [0.15, 0.2) is 17.2 Å². The number of aliphatic hydroxyl groups excluding tert-OH is 1. The fourth-order valence-electron chi connectivity index (χ4n) is 4.77. The zero-order valence-electron chi connectivity index (χ0n) is 20.4. The maximum Gasteiger partial charge on any atom is 0.417 e. The zero-order valence-corrected chi connectivity index (χ0v) is 20.4. The molecule has 4 N–H and O–H groups in total. The molecule has 2 aromatic rings. The molecule has 0 radical (unpaired) electrons. The topological polar surface area (TPSA) is 124 Å². The molecule has 6 atom stereocenters. The number of benzene rings is 1. The number of anilines is 1. The van der Waals surface area contributed by atoms with Gasteiger partial charge in [-0.3, -0.25) is 14.6 Å². The molecule has 0 bridgehead atoms. The van der Waals surface area contributed by atoms with E-state index in [1.54, 1.807) is 0 Å². The summed E-state index contributed by atoms with van der Waals surface area (Å²) in [6.45, 7) is 1.78. The maximum absolute atomic E-state index is 15.0. The van der Waals surface area contributed by atoms with Gasteiger partial charge in [0.1, 0.15) is 11.8 Å². The minimum Gasteiger partial charge on any atom is -0.490 e. The molecule has 2 aliphatic rings. The fourth-order valence-corrected chi connectivity index (χ4v) is 4.77. The molecule has 13 heteroatoms. The molecule has 1 saturated heterocycles. The van der Waals surface area contributed by atoms with Crippen LogP contribution in [0.5, 0.6) is 5.75 Å². The summed E-state index contributed by atoms with van der Waals surface area (Å²) in [5.41, 5.74) is 1.98. The summed E-state index contributed by atoms with van der Waals surface area (Å²) in [5.74, 6) is -8.50. The summed E-state index contributed by atoms with van der Waals surface area (Å²) in [6, 6.07) is 4.22. The number of alkyl halides is 3. The van der Waals surface area contributed by atoms with Crippen molar-refractivity contribution in [2.75, 3.05) is 11.9 Å². The van der Waals surface area contributed by atoms with E-state index in [9.17, 15) is 36.6 Å². The van der Waals surface area contributed by atoms with Crippen LogP contribution in [0, 0.1) is 23.5 Å². The van der Waals surface area contributed by atoms with Gasteiger partial charge in [0.25, 0.3) is 11.8 Å². The van der Waals surface area contributed by atoms with Crippen LogP contribution in [0.3, 0.4) is 0 Å². The molecular weight excluding hydrogens is 517 g/mol. The average molecular weight is 543 g/mol. The third-order valence-corrected chi connectivity index (χ3v) is 7.47. The third kappa shape index (κ3) is 4.92. The van der Waals surface area contributed by atoms with Gasteiger partial charge in [-0.05, 0) is 38.0 Å². The summed E-state index contributed by atoms with van der Waals surface area (Å²) >= 11 is 0. The smallest absolute Gasteiger partial charge is 0.417 e. The van der Waals surface area contributed by atoms with Gasteiger partial charge in [-0.2, -0.15) is 17.6 Å². The number of halogens is 5. The van der Waals surface area contributed by atoms with Gasteiger partial charge in [-0.1, -0.05) is 13.0 Å². The molecule has 1 saturated carbocycles. The number of aliphatic hydroxyl groups is 1. The monoisotopic (exact) mass is 543 g/mol. The zero-order chi connectivity index (χ0) is 28.0. The van der Waals surface area contributed by atoms with Crippen molar-refractivity contribution in [1.82, 2.24) is 4.98 Å². The Hall–Kier alpha value is -3.32. The summed E-state index contributed by atoms with van der Waals surface area (Å²) < 4.78 is 82.5. The molecular formula is C25H26F5N3O5. The second kappa shape index (κ2) is 10.1. The Morgan fingerprint density at radius 1 is 1.26 bits per heavy atom.